The number of benzene rings is 2. The summed E-state index contributed by atoms with van der Waals surface area (Å²) in [7, 11) is 0. The van der Waals surface area contributed by atoms with Crippen LogP contribution in [0.2, 0.25) is 0 Å². The van der Waals surface area contributed by atoms with Crippen LogP contribution < -0.4 is 10.6 Å². The summed E-state index contributed by atoms with van der Waals surface area (Å²) >= 11 is 0. The molecular weight excluding hydrogens is 598 g/mol. The highest BCUT2D eigenvalue weighted by molar-refractivity contribution is 5.94. The topological polar surface area (TPSA) is 158 Å². The van der Waals surface area contributed by atoms with Gasteiger partial charge in [-0.2, -0.15) is 0 Å². The van der Waals surface area contributed by atoms with Gasteiger partial charge >= 0.3 is 0 Å². The number of rotatable bonds is 12. The number of nitrogens with one attached hydrogen (secondary N) is 2. The van der Waals surface area contributed by atoms with Crippen molar-refractivity contribution in [3.05, 3.63) is 83.9 Å². The maximum Gasteiger partial charge on any atom is 0.289 e. The van der Waals surface area contributed by atoms with E-state index in [0.29, 0.717) is 30.3 Å². The van der Waals surface area contributed by atoms with Gasteiger partial charge in [0.15, 0.2) is 23.2 Å². The molecule has 0 aliphatic carbocycles. The number of fused-ring (bicyclic) bond motifs is 1. The molecule has 5 N–H and O–H groups in total. The third-order valence-corrected chi connectivity index (χ3v) is 9.58. The van der Waals surface area contributed by atoms with E-state index in [4.69, 9.17) is 4.74 Å². The Labute approximate surface area is 274 Å². The highest BCUT2D eigenvalue weighted by atomic mass is 16.6. The Morgan fingerprint density at radius 2 is 1.64 bits per heavy atom. The summed E-state index contributed by atoms with van der Waals surface area (Å²) in [6.07, 6.45) is -0.907. The number of ether oxygens (including phenoxy) is 1. The molecule has 4 heterocycles. The number of aliphatic hydroxyl groups excluding tert-OH is 3. The number of imidazole rings is 1. The molecular formula is C35H45N7O5. The zero-order valence-corrected chi connectivity index (χ0v) is 26.9. The van der Waals surface area contributed by atoms with Crippen LogP contribution in [0.25, 0.3) is 11.2 Å². The molecule has 0 saturated carbocycles. The van der Waals surface area contributed by atoms with Crippen molar-refractivity contribution < 1.29 is 24.9 Å². The minimum Gasteiger partial charge on any atom is -0.394 e. The van der Waals surface area contributed by atoms with Crippen LogP contribution in [0.1, 0.15) is 60.6 Å². The first-order chi connectivity index (χ1) is 22.8. The number of hydrogen-bond donors (Lipinski definition) is 5. The summed E-state index contributed by atoms with van der Waals surface area (Å²) in [5.74, 6) is 1.28. The molecule has 2 fully saturated rings. The first-order valence-corrected chi connectivity index (χ1v) is 16.5. The SMILES string of the molecule is CC(C)C1CCN(CCNC(=O)c2nc(NCC(c3ccccc3)c3ccccc3)c3ncn([C@@H]4O[C@H](CO)[C@@H](O)[C@H]4O)c3n2)CC1. The van der Waals surface area contributed by atoms with Crippen molar-refractivity contribution in [3.8, 4) is 0 Å². The Bertz CT molecular complexity index is 1570. The molecule has 0 bridgehead atoms. The first kappa shape index (κ1) is 33.0. The van der Waals surface area contributed by atoms with Crippen molar-refractivity contribution in [1.29, 1.82) is 0 Å². The first-order valence-electron chi connectivity index (χ1n) is 16.5. The van der Waals surface area contributed by atoms with Crippen molar-refractivity contribution in [3.63, 3.8) is 0 Å². The van der Waals surface area contributed by atoms with Gasteiger partial charge in [0, 0.05) is 25.6 Å². The van der Waals surface area contributed by atoms with Crippen molar-refractivity contribution >= 4 is 22.9 Å². The molecule has 6 rings (SSSR count). The zero-order valence-electron chi connectivity index (χ0n) is 26.9. The predicted octanol–water partition coefficient (Wildman–Crippen LogP) is 2.78. The zero-order chi connectivity index (χ0) is 32.9. The van der Waals surface area contributed by atoms with Crippen LogP contribution in [0, 0.1) is 11.8 Å². The number of likely N-dealkylation sites (tertiary alicyclic amines) is 1. The maximum absolute atomic E-state index is 13.5. The molecule has 0 spiro atoms. The Morgan fingerprint density at radius 1 is 0.979 bits per heavy atom. The minimum absolute atomic E-state index is 0.0259. The average molecular weight is 644 g/mol. The lowest BCUT2D eigenvalue weighted by atomic mass is 9.87. The molecule has 2 aromatic heterocycles. The van der Waals surface area contributed by atoms with Gasteiger partial charge in [0.1, 0.15) is 18.3 Å². The maximum atomic E-state index is 13.5. The van der Waals surface area contributed by atoms with Crippen molar-refractivity contribution in [1.82, 2.24) is 29.7 Å². The molecule has 0 unspecified atom stereocenters. The quantitative estimate of drug-likeness (QED) is 0.156. The number of piperidine rings is 1. The summed E-state index contributed by atoms with van der Waals surface area (Å²) in [5.41, 5.74) is 2.87. The fraction of sp³-hybridized carbons (Fsp3) is 0.486. The van der Waals surface area contributed by atoms with E-state index < -0.39 is 37.1 Å². The van der Waals surface area contributed by atoms with Gasteiger partial charge < -0.3 is 35.6 Å². The molecule has 2 aliphatic heterocycles. The normalized spacial score (nSPS) is 22.4. The molecule has 2 aliphatic rings. The highest BCUT2D eigenvalue weighted by Crippen LogP contribution is 2.33. The predicted molar refractivity (Wildman–Crippen MR) is 178 cm³/mol. The van der Waals surface area contributed by atoms with Gasteiger partial charge in [-0.25, -0.2) is 15.0 Å². The number of amides is 1. The summed E-state index contributed by atoms with van der Waals surface area (Å²) in [4.78, 5) is 29.6. The van der Waals surface area contributed by atoms with Crippen LogP contribution in [0.5, 0.6) is 0 Å². The van der Waals surface area contributed by atoms with Crippen LogP contribution in [-0.4, -0.2) is 103 Å². The highest BCUT2D eigenvalue weighted by Gasteiger charge is 2.44. The van der Waals surface area contributed by atoms with Crippen molar-refractivity contribution in [2.45, 2.75) is 57.1 Å². The average Bonchev–Trinajstić information content (AvgIpc) is 3.65. The van der Waals surface area contributed by atoms with Crippen LogP contribution in [0.15, 0.2) is 67.0 Å². The van der Waals surface area contributed by atoms with E-state index in [2.05, 4.69) is 68.6 Å². The molecule has 2 saturated heterocycles. The van der Waals surface area contributed by atoms with Gasteiger partial charge in [0.25, 0.3) is 5.91 Å². The number of hydrogen-bond acceptors (Lipinski definition) is 10. The Morgan fingerprint density at radius 3 is 2.23 bits per heavy atom. The molecule has 2 aromatic carbocycles. The van der Waals surface area contributed by atoms with E-state index in [0.717, 1.165) is 49.5 Å². The van der Waals surface area contributed by atoms with Gasteiger partial charge in [-0.05, 0) is 48.9 Å². The number of carbonyl (C=O) groups excluding carboxylic acids is 1. The fourth-order valence-electron chi connectivity index (χ4n) is 6.68. The van der Waals surface area contributed by atoms with E-state index in [1.807, 2.05) is 36.4 Å². The third kappa shape index (κ3) is 7.31. The Hall–Kier alpha value is -3.94. The van der Waals surface area contributed by atoms with E-state index in [-0.39, 0.29) is 17.4 Å². The van der Waals surface area contributed by atoms with E-state index in [1.165, 1.54) is 10.9 Å². The molecule has 250 valence electrons. The molecule has 0 radical (unpaired) electrons. The molecule has 4 aromatic rings. The molecule has 12 heteroatoms. The van der Waals surface area contributed by atoms with Gasteiger partial charge in [-0.1, -0.05) is 74.5 Å². The van der Waals surface area contributed by atoms with Crippen molar-refractivity contribution in [2.75, 3.05) is 44.6 Å². The Balaban J connectivity index is 1.26. The summed E-state index contributed by atoms with van der Waals surface area (Å²) in [6, 6.07) is 20.3. The molecule has 47 heavy (non-hydrogen) atoms. The van der Waals surface area contributed by atoms with Crippen LogP contribution in [0.4, 0.5) is 5.82 Å². The summed E-state index contributed by atoms with van der Waals surface area (Å²) in [5, 5.41) is 37.3. The lowest BCUT2D eigenvalue weighted by Gasteiger charge is -2.33. The molecule has 1 amide bonds. The second-order valence-electron chi connectivity index (χ2n) is 12.9. The molecule has 4 atom stereocenters. The third-order valence-electron chi connectivity index (χ3n) is 9.58. The minimum atomic E-state index is -1.34. The van der Waals surface area contributed by atoms with Crippen LogP contribution >= 0.6 is 0 Å². The van der Waals surface area contributed by atoms with Gasteiger partial charge in [0.2, 0.25) is 5.82 Å². The van der Waals surface area contributed by atoms with Gasteiger partial charge in [-0.15, -0.1) is 0 Å². The number of carbonyl (C=O) groups is 1. The lowest BCUT2D eigenvalue weighted by molar-refractivity contribution is -0.0511. The lowest BCUT2D eigenvalue weighted by Crippen LogP contribution is -2.40. The second kappa shape index (κ2) is 14.9. The number of anilines is 1. The van der Waals surface area contributed by atoms with Gasteiger partial charge in [-0.3, -0.25) is 9.36 Å². The number of nitrogens with zero attached hydrogens (tertiary/aromatic N) is 5. The van der Waals surface area contributed by atoms with E-state index in [1.54, 1.807) is 0 Å². The summed E-state index contributed by atoms with van der Waals surface area (Å²) < 4.78 is 7.26. The van der Waals surface area contributed by atoms with Gasteiger partial charge in [0.05, 0.1) is 12.9 Å². The monoisotopic (exact) mass is 643 g/mol. The van der Waals surface area contributed by atoms with Crippen LogP contribution in [-0.2, 0) is 4.74 Å². The Kier molecular flexibility index (Phi) is 10.4. The summed E-state index contributed by atoms with van der Waals surface area (Å²) in [6.45, 7) is 7.77. The number of aromatic nitrogens is 4. The van der Waals surface area contributed by atoms with Crippen LogP contribution in [0.3, 0.4) is 0 Å². The molecule has 12 nitrogen and oxygen atoms in total. The fourth-order valence-corrected chi connectivity index (χ4v) is 6.68. The standard InChI is InChI=1S/C35H45N7O5/c1-22(2)23-13-16-41(17-14-23)18-15-36-34(46)32-39-31(37-19-26(24-9-5-3-6-10-24)25-11-7-4-8-12-25)28-33(40-32)42(21-38-28)35-30(45)29(44)27(20-43)47-35/h3-12,21-23,26-27,29-30,35,43-45H,13-20H2,1-2H3,(H,36,46)(H,37,39,40)/t27-,29-,30-,35-/m1/s1. The van der Waals surface area contributed by atoms with E-state index in [9.17, 15) is 20.1 Å². The smallest absolute Gasteiger partial charge is 0.289 e. The van der Waals surface area contributed by atoms with E-state index >= 15 is 0 Å². The number of aliphatic hydroxyl groups is 3. The van der Waals surface area contributed by atoms with Crippen molar-refractivity contribution in [2.24, 2.45) is 11.8 Å². The second-order valence-corrected chi connectivity index (χ2v) is 12.9. The largest absolute Gasteiger partial charge is 0.394 e.